The molecule has 180 valence electrons. The molecule has 2 aromatic carbocycles. The van der Waals surface area contributed by atoms with Crippen molar-refractivity contribution in [2.75, 3.05) is 22.4 Å². The molecule has 1 heterocycles. The van der Waals surface area contributed by atoms with E-state index in [1.807, 2.05) is 50.2 Å². The Balaban J connectivity index is 1.54. The number of nitrogens with zero attached hydrogens (tertiary/aromatic N) is 2. The number of pyridine rings is 1. The van der Waals surface area contributed by atoms with Crippen molar-refractivity contribution >= 4 is 27.3 Å². The fourth-order valence-corrected chi connectivity index (χ4v) is 4.48. The van der Waals surface area contributed by atoms with Gasteiger partial charge in [0.05, 0.1) is 18.0 Å². The molecule has 0 aliphatic heterocycles. The van der Waals surface area contributed by atoms with E-state index in [1.54, 1.807) is 36.7 Å². The lowest BCUT2D eigenvalue weighted by Crippen LogP contribution is -2.31. The molecule has 7 nitrogen and oxygen atoms in total. The molecular weight excluding hydrogens is 450 g/mol. The van der Waals surface area contributed by atoms with Crippen LogP contribution in [0.15, 0.2) is 73.1 Å². The first-order chi connectivity index (χ1) is 16.2. The minimum atomic E-state index is -3.51. The summed E-state index contributed by atoms with van der Waals surface area (Å²) in [6.07, 6.45) is 6.06. The molecule has 1 N–H and O–H groups in total. The molecule has 1 amide bonds. The van der Waals surface area contributed by atoms with Gasteiger partial charge in [0.15, 0.2) is 0 Å². The van der Waals surface area contributed by atoms with Gasteiger partial charge in [-0.2, -0.15) is 0 Å². The van der Waals surface area contributed by atoms with E-state index in [0.29, 0.717) is 23.5 Å². The number of benzene rings is 2. The molecule has 0 bridgehead atoms. The third-order valence-electron chi connectivity index (χ3n) is 5.04. The third-order valence-corrected chi connectivity index (χ3v) is 6.23. The Morgan fingerprint density at radius 1 is 1.03 bits per heavy atom. The van der Waals surface area contributed by atoms with E-state index in [-0.39, 0.29) is 25.0 Å². The second kappa shape index (κ2) is 11.7. The third kappa shape index (κ3) is 7.88. The number of amides is 1. The topological polar surface area (TPSA) is 88.6 Å². The zero-order chi connectivity index (χ0) is 24.6. The number of carbonyl (C=O) groups excluding carboxylic acids is 1. The van der Waals surface area contributed by atoms with Crippen LogP contribution in [-0.4, -0.2) is 38.2 Å². The van der Waals surface area contributed by atoms with Crippen LogP contribution in [0, 0.1) is 0 Å². The number of rotatable bonds is 11. The molecule has 3 aromatic rings. The molecule has 1 aromatic heterocycles. The van der Waals surface area contributed by atoms with Crippen LogP contribution in [0.5, 0.6) is 5.75 Å². The summed E-state index contributed by atoms with van der Waals surface area (Å²) in [5.74, 6) is 0.443. The fraction of sp³-hybridized carbons (Fsp3) is 0.308. The Hall–Kier alpha value is -3.39. The van der Waals surface area contributed by atoms with E-state index >= 15 is 0 Å². The molecule has 0 spiro atoms. The van der Waals surface area contributed by atoms with Gasteiger partial charge in [0.1, 0.15) is 5.75 Å². The van der Waals surface area contributed by atoms with Gasteiger partial charge in [-0.25, -0.2) is 8.42 Å². The lowest BCUT2D eigenvalue weighted by atomic mass is 10.1. The first-order valence-electron chi connectivity index (χ1n) is 11.2. The van der Waals surface area contributed by atoms with Crippen molar-refractivity contribution in [1.29, 1.82) is 0 Å². The van der Waals surface area contributed by atoms with Crippen LogP contribution in [-0.2, 0) is 21.2 Å². The van der Waals surface area contributed by atoms with E-state index in [0.717, 1.165) is 18.2 Å². The van der Waals surface area contributed by atoms with E-state index in [9.17, 15) is 13.2 Å². The maximum Gasteiger partial charge on any atom is 0.232 e. The minimum absolute atomic E-state index is 0.0182. The van der Waals surface area contributed by atoms with Crippen molar-refractivity contribution in [2.24, 2.45) is 0 Å². The van der Waals surface area contributed by atoms with E-state index in [4.69, 9.17) is 4.74 Å². The molecule has 0 aliphatic rings. The van der Waals surface area contributed by atoms with Crippen molar-refractivity contribution in [2.45, 2.75) is 39.2 Å². The molecule has 0 saturated heterocycles. The van der Waals surface area contributed by atoms with Crippen LogP contribution in [0.4, 0.5) is 11.4 Å². The summed E-state index contributed by atoms with van der Waals surface area (Å²) >= 11 is 0. The maximum absolute atomic E-state index is 12.4. The summed E-state index contributed by atoms with van der Waals surface area (Å²) in [6.45, 7) is 4.02. The van der Waals surface area contributed by atoms with Crippen LogP contribution in [0.1, 0.15) is 37.8 Å². The molecule has 3 rings (SSSR count). The fourth-order valence-electron chi connectivity index (χ4n) is 3.52. The quantitative estimate of drug-likeness (QED) is 0.431. The maximum atomic E-state index is 12.4. The van der Waals surface area contributed by atoms with E-state index < -0.39 is 10.0 Å². The second-order valence-corrected chi connectivity index (χ2v) is 10.3. The first-order valence-corrected chi connectivity index (χ1v) is 13.1. The van der Waals surface area contributed by atoms with Crippen molar-refractivity contribution in [3.63, 3.8) is 0 Å². The molecule has 0 fully saturated rings. The van der Waals surface area contributed by atoms with Crippen molar-refractivity contribution < 1.29 is 17.9 Å². The molecule has 0 aliphatic carbocycles. The molecule has 8 heteroatoms. The molecule has 0 radical (unpaired) electrons. The van der Waals surface area contributed by atoms with E-state index in [1.165, 1.54) is 9.87 Å². The predicted octanol–water partition coefficient (Wildman–Crippen LogP) is 4.64. The van der Waals surface area contributed by atoms with Crippen LogP contribution >= 0.6 is 0 Å². The van der Waals surface area contributed by atoms with Gasteiger partial charge in [-0.05, 0) is 74.2 Å². The number of carbonyl (C=O) groups is 1. The highest BCUT2D eigenvalue weighted by molar-refractivity contribution is 7.92. The number of nitrogens with one attached hydrogen (secondary N) is 1. The SMILES string of the molecule is CC(C)Oc1cccc(N(CCCC(=O)Nc2ccc(Cc3ccncc3)cc2)S(C)(=O)=O)c1. The summed E-state index contributed by atoms with van der Waals surface area (Å²) in [7, 11) is -3.51. The molecule has 0 atom stereocenters. The number of anilines is 2. The number of hydrogen-bond acceptors (Lipinski definition) is 5. The van der Waals surface area contributed by atoms with E-state index in [2.05, 4.69) is 10.3 Å². The van der Waals surface area contributed by atoms with Gasteiger partial charge >= 0.3 is 0 Å². The van der Waals surface area contributed by atoms with Gasteiger partial charge < -0.3 is 10.1 Å². The van der Waals surface area contributed by atoms with Gasteiger partial charge in [0, 0.05) is 37.1 Å². The first kappa shape index (κ1) is 25.2. The summed E-state index contributed by atoms with van der Waals surface area (Å²) < 4.78 is 31.7. The molecular formula is C26H31N3O4S. The lowest BCUT2D eigenvalue weighted by molar-refractivity contribution is -0.116. The number of ether oxygens (including phenoxy) is 1. The lowest BCUT2D eigenvalue weighted by Gasteiger charge is -2.23. The van der Waals surface area contributed by atoms with Gasteiger partial charge in [-0.3, -0.25) is 14.1 Å². The smallest absolute Gasteiger partial charge is 0.232 e. The monoisotopic (exact) mass is 481 g/mol. The predicted molar refractivity (Wildman–Crippen MR) is 136 cm³/mol. The number of aromatic nitrogens is 1. The minimum Gasteiger partial charge on any atom is -0.491 e. The van der Waals surface area contributed by atoms with Crippen molar-refractivity contribution in [1.82, 2.24) is 4.98 Å². The molecule has 0 unspecified atom stereocenters. The zero-order valence-corrected chi connectivity index (χ0v) is 20.6. The normalized spacial score (nSPS) is 11.3. The Bertz CT molecular complexity index is 1180. The Morgan fingerprint density at radius 3 is 2.35 bits per heavy atom. The highest BCUT2D eigenvalue weighted by Gasteiger charge is 2.18. The van der Waals surface area contributed by atoms with Crippen LogP contribution < -0.4 is 14.4 Å². The average Bonchev–Trinajstić information content (AvgIpc) is 2.78. The average molecular weight is 482 g/mol. The van der Waals surface area contributed by atoms with Gasteiger partial charge in [-0.15, -0.1) is 0 Å². The second-order valence-electron chi connectivity index (χ2n) is 8.38. The summed E-state index contributed by atoms with van der Waals surface area (Å²) in [5.41, 5.74) is 3.54. The molecule has 34 heavy (non-hydrogen) atoms. The van der Waals surface area contributed by atoms with Crippen LogP contribution in [0.2, 0.25) is 0 Å². The Labute approximate surface area is 201 Å². The number of sulfonamides is 1. The van der Waals surface area contributed by atoms with Gasteiger partial charge in [-0.1, -0.05) is 18.2 Å². The Morgan fingerprint density at radius 2 is 1.71 bits per heavy atom. The largest absolute Gasteiger partial charge is 0.491 e. The standard InChI is InChI=1S/C26H31N3O4S/c1-20(2)33-25-7-4-6-24(19-25)29(34(3,31)32)17-5-8-26(30)28-23-11-9-21(10-12-23)18-22-13-15-27-16-14-22/h4,6-7,9-16,19-20H,5,8,17-18H2,1-3H3,(H,28,30). The van der Waals surface area contributed by atoms with Crippen molar-refractivity contribution in [3.05, 3.63) is 84.2 Å². The summed E-state index contributed by atoms with van der Waals surface area (Å²) in [6, 6.07) is 18.6. The zero-order valence-electron chi connectivity index (χ0n) is 19.8. The molecule has 0 saturated carbocycles. The number of hydrogen-bond donors (Lipinski definition) is 1. The van der Waals surface area contributed by atoms with Gasteiger partial charge in [0.25, 0.3) is 0 Å². The van der Waals surface area contributed by atoms with Gasteiger partial charge in [0.2, 0.25) is 15.9 Å². The van der Waals surface area contributed by atoms with Crippen LogP contribution in [0.3, 0.4) is 0 Å². The highest BCUT2D eigenvalue weighted by atomic mass is 32.2. The Kier molecular flexibility index (Phi) is 8.65. The highest BCUT2D eigenvalue weighted by Crippen LogP contribution is 2.24. The van der Waals surface area contributed by atoms with Crippen LogP contribution in [0.25, 0.3) is 0 Å². The summed E-state index contributed by atoms with van der Waals surface area (Å²) in [5, 5.41) is 2.88. The van der Waals surface area contributed by atoms with Crippen molar-refractivity contribution in [3.8, 4) is 5.75 Å². The summed E-state index contributed by atoms with van der Waals surface area (Å²) in [4.78, 5) is 16.4.